The summed E-state index contributed by atoms with van der Waals surface area (Å²) in [4.78, 5) is 10.9. The third-order valence-corrected chi connectivity index (χ3v) is 4.58. The lowest BCUT2D eigenvalue weighted by Crippen LogP contribution is -2.33. The number of aromatic nitrogens is 2. The van der Waals surface area contributed by atoms with Crippen molar-refractivity contribution < 1.29 is 0 Å². The largest absolute Gasteiger partial charge is 0.354 e. The second kappa shape index (κ2) is 4.39. The number of nitrogens with zero attached hydrogens (tertiary/aromatic N) is 3. The van der Waals surface area contributed by atoms with E-state index >= 15 is 0 Å². The van der Waals surface area contributed by atoms with Gasteiger partial charge in [0.05, 0.1) is 10.2 Å². The number of hydrogen-bond donors (Lipinski definition) is 0. The van der Waals surface area contributed by atoms with Crippen LogP contribution in [-0.4, -0.2) is 34.6 Å². The molecule has 0 N–H and O–H groups in total. The Hall–Kier alpha value is -0.520. The van der Waals surface area contributed by atoms with Crippen molar-refractivity contribution in [3.8, 4) is 0 Å². The van der Waals surface area contributed by atoms with E-state index in [9.17, 15) is 0 Å². The molecule has 16 heavy (non-hydrogen) atoms. The van der Waals surface area contributed by atoms with Gasteiger partial charge in [-0.3, -0.25) is 0 Å². The molecule has 6 heteroatoms. The number of thioether (sulfide) groups is 1. The maximum atomic E-state index is 5.95. The average molecular weight is 272 g/mol. The molecule has 1 aliphatic rings. The fraction of sp³-hybridized carbons (Fsp3) is 0.400. The van der Waals surface area contributed by atoms with E-state index in [1.807, 2.05) is 23.2 Å². The Kier molecular flexibility index (Phi) is 2.91. The summed E-state index contributed by atoms with van der Waals surface area (Å²) >= 11 is 9.63. The summed E-state index contributed by atoms with van der Waals surface area (Å²) in [5, 5.41) is 2.39. The first-order chi connectivity index (χ1) is 7.84. The molecule has 0 bridgehead atoms. The monoisotopic (exact) mass is 271 g/mol. The van der Waals surface area contributed by atoms with E-state index < -0.39 is 0 Å². The summed E-state index contributed by atoms with van der Waals surface area (Å²) in [5.74, 6) is 3.33. The summed E-state index contributed by atoms with van der Waals surface area (Å²) < 4.78 is 1.15. The van der Waals surface area contributed by atoms with Crippen molar-refractivity contribution in [2.75, 3.05) is 29.5 Å². The first-order valence-corrected chi connectivity index (χ1v) is 7.49. The highest BCUT2D eigenvalue weighted by molar-refractivity contribution is 7.99. The predicted octanol–water partition coefficient (Wildman–Crippen LogP) is 2.90. The quantitative estimate of drug-likeness (QED) is 0.746. The van der Waals surface area contributed by atoms with E-state index in [1.165, 1.54) is 0 Å². The standard InChI is InChI=1S/C10H10ClN3S2/c11-10-12-7-1-4-16-8(7)9(13-10)14-2-5-15-6-3-14/h1,4H,2-3,5-6H2. The van der Waals surface area contributed by atoms with Crippen molar-refractivity contribution >= 4 is 50.7 Å². The molecule has 0 unspecified atom stereocenters. The van der Waals surface area contributed by atoms with Crippen LogP contribution in [0, 0.1) is 0 Å². The van der Waals surface area contributed by atoms with Gasteiger partial charge in [0.25, 0.3) is 0 Å². The van der Waals surface area contributed by atoms with Crippen molar-refractivity contribution in [2.24, 2.45) is 0 Å². The van der Waals surface area contributed by atoms with Crippen LogP contribution in [-0.2, 0) is 0 Å². The predicted molar refractivity (Wildman–Crippen MR) is 72.0 cm³/mol. The summed E-state index contributed by atoms with van der Waals surface area (Å²) in [6.45, 7) is 2.09. The summed E-state index contributed by atoms with van der Waals surface area (Å²) in [5.41, 5.74) is 0.957. The molecule has 0 spiro atoms. The van der Waals surface area contributed by atoms with Crippen molar-refractivity contribution in [3.05, 3.63) is 16.7 Å². The molecule has 0 aromatic carbocycles. The van der Waals surface area contributed by atoms with Crippen molar-refractivity contribution in [1.82, 2.24) is 9.97 Å². The van der Waals surface area contributed by atoms with Crippen molar-refractivity contribution in [2.45, 2.75) is 0 Å². The number of rotatable bonds is 1. The molecule has 3 heterocycles. The number of fused-ring (bicyclic) bond motifs is 1. The summed E-state index contributed by atoms with van der Waals surface area (Å²) in [7, 11) is 0. The van der Waals surface area contributed by atoms with Crippen molar-refractivity contribution in [1.29, 1.82) is 0 Å². The smallest absolute Gasteiger partial charge is 0.224 e. The third kappa shape index (κ3) is 1.87. The molecular formula is C10H10ClN3S2. The van der Waals surface area contributed by atoms with Gasteiger partial charge in [-0.25, -0.2) is 4.98 Å². The van der Waals surface area contributed by atoms with Crippen LogP contribution in [0.15, 0.2) is 11.4 Å². The minimum Gasteiger partial charge on any atom is -0.354 e. The molecule has 0 amide bonds. The van der Waals surface area contributed by atoms with E-state index in [4.69, 9.17) is 11.6 Å². The zero-order valence-electron chi connectivity index (χ0n) is 8.52. The van der Waals surface area contributed by atoms with Crippen LogP contribution < -0.4 is 4.90 Å². The SMILES string of the molecule is Clc1nc(N2CCSCC2)c2sccc2n1. The van der Waals surface area contributed by atoms with Gasteiger partial charge >= 0.3 is 0 Å². The molecule has 3 nitrogen and oxygen atoms in total. The van der Waals surface area contributed by atoms with Crippen LogP contribution in [0.4, 0.5) is 5.82 Å². The fourth-order valence-electron chi connectivity index (χ4n) is 1.81. The Balaban J connectivity index is 2.09. The normalized spacial score (nSPS) is 16.9. The fourth-order valence-corrected chi connectivity index (χ4v) is 3.73. The van der Waals surface area contributed by atoms with E-state index in [1.54, 1.807) is 11.3 Å². The molecule has 1 fully saturated rings. The number of anilines is 1. The van der Waals surface area contributed by atoms with Gasteiger partial charge in [0.2, 0.25) is 5.28 Å². The Labute approximate surface area is 107 Å². The Bertz CT molecular complexity index is 508. The van der Waals surface area contributed by atoms with Crippen LogP contribution in [0.1, 0.15) is 0 Å². The lowest BCUT2D eigenvalue weighted by Gasteiger charge is -2.27. The number of halogens is 1. The highest BCUT2D eigenvalue weighted by Gasteiger charge is 2.17. The maximum Gasteiger partial charge on any atom is 0.224 e. The first kappa shape index (κ1) is 10.6. The van der Waals surface area contributed by atoms with Crippen LogP contribution in [0.5, 0.6) is 0 Å². The van der Waals surface area contributed by atoms with Gasteiger partial charge in [0.15, 0.2) is 5.82 Å². The molecule has 3 rings (SSSR count). The molecule has 84 valence electrons. The Morgan fingerprint density at radius 2 is 2.06 bits per heavy atom. The first-order valence-electron chi connectivity index (χ1n) is 5.08. The molecule has 0 aliphatic carbocycles. The van der Waals surface area contributed by atoms with Gasteiger partial charge in [-0.2, -0.15) is 16.7 Å². The molecule has 0 saturated carbocycles. The van der Waals surface area contributed by atoms with E-state index in [0.717, 1.165) is 40.6 Å². The van der Waals surface area contributed by atoms with Crippen LogP contribution in [0.3, 0.4) is 0 Å². The van der Waals surface area contributed by atoms with Gasteiger partial charge in [-0.15, -0.1) is 11.3 Å². The van der Waals surface area contributed by atoms with Gasteiger partial charge in [-0.1, -0.05) is 0 Å². The van der Waals surface area contributed by atoms with E-state index in [-0.39, 0.29) is 0 Å². The van der Waals surface area contributed by atoms with Crippen LogP contribution in [0.25, 0.3) is 10.2 Å². The van der Waals surface area contributed by atoms with Gasteiger partial charge in [0, 0.05) is 24.6 Å². The molecule has 1 aliphatic heterocycles. The van der Waals surface area contributed by atoms with E-state index in [2.05, 4.69) is 14.9 Å². The minimum absolute atomic E-state index is 0.346. The topological polar surface area (TPSA) is 29.0 Å². The molecule has 1 saturated heterocycles. The Morgan fingerprint density at radius 1 is 1.25 bits per heavy atom. The van der Waals surface area contributed by atoms with Gasteiger partial charge in [-0.05, 0) is 23.0 Å². The molecular weight excluding hydrogens is 262 g/mol. The number of hydrogen-bond acceptors (Lipinski definition) is 5. The van der Waals surface area contributed by atoms with Gasteiger partial charge in [0.1, 0.15) is 0 Å². The van der Waals surface area contributed by atoms with Crippen molar-refractivity contribution in [3.63, 3.8) is 0 Å². The van der Waals surface area contributed by atoms with Crippen LogP contribution >= 0.6 is 34.7 Å². The molecule has 2 aromatic heterocycles. The lowest BCUT2D eigenvalue weighted by molar-refractivity contribution is 0.843. The highest BCUT2D eigenvalue weighted by atomic mass is 35.5. The van der Waals surface area contributed by atoms with Crippen LogP contribution in [0.2, 0.25) is 5.28 Å². The Morgan fingerprint density at radius 3 is 2.88 bits per heavy atom. The third-order valence-electron chi connectivity index (χ3n) is 2.57. The van der Waals surface area contributed by atoms with Gasteiger partial charge < -0.3 is 4.90 Å². The second-order valence-electron chi connectivity index (χ2n) is 3.55. The van der Waals surface area contributed by atoms with E-state index in [0.29, 0.717) is 5.28 Å². The minimum atomic E-state index is 0.346. The number of thiophene rings is 1. The molecule has 0 atom stereocenters. The molecule has 0 radical (unpaired) electrons. The summed E-state index contributed by atoms with van der Waals surface area (Å²) in [6, 6.07) is 2.00. The second-order valence-corrected chi connectivity index (χ2v) is 6.03. The zero-order valence-corrected chi connectivity index (χ0v) is 10.9. The maximum absolute atomic E-state index is 5.95. The summed E-state index contributed by atoms with van der Waals surface area (Å²) in [6.07, 6.45) is 0. The molecule has 2 aromatic rings. The highest BCUT2D eigenvalue weighted by Crippen LogP contribution is 2.31. The zero-order chi connectivity index (χ0) is 11.0. The average Bonchev–Trinajstić information content (AvgIpc) is 2.77. The lowest BCUT2D eigenvalue weighted by atomic mass is 10.4.